The van der Waals surface area contributed by atoms with Crippen molar-refractivity contribution in [3.63, 3.8) is 0 Å². The molecule has 2 unspecified atom stereocenters. The van der Waals surface area contributed by atoms with Crippen molar-refractivity contribution >= 4 is 0 Å². The van der Waals surface area contributed by atoms with Crippen molar-refractivity contribution in [1.29, 1.82) is 0 Å². The van der Waals surface area contributed by atoms with E-state index in [1.807, 2.05) is 12.1 Å². The van der Waals surface area contributed by atoms with E-state index in [4.69, 9.17) is 4.74 Å². The molecule has 0 radical (unpaired) electrons. The third-order valence-electron chi connectivity index (χ3n) is 3.86. The molecule has 1 heterocycles. The molecule has 2 atom stereocenters. The number of hydrogen-bond acceptors (Lipinski definition) is 2. The molecule has 2 rings (SSSR count). The van der Waals surface area contributed by atoms with Gasteiger partial charge in [-0.1, -0.05) is 12.1 Å². The van der Waals surface area contributed by atoms with Crippen LogP contribution in [0.3, 0.4) is 0 Å². The molecule has 1 saturated heterocycles. The third-order valence-corrected chi connectivity index (χ3v) is 3.86. The van der Waals surface area contributed by atoms with Gasteiger partial charge in [-0.05, 0) is 50.3 Å². The van der Waals surface area contributed by atoms with Crippen LogP contribution in [0.5, 0.6) is 0 Å². The standard InChI is InChI=1S/C15H22FNO/c1-11(13-3-5-15(16)6-4-13)17-12(2)14-7-9-18-10-8-14/h3-6,11-12,14,17H,7-10H2,1-2H3. The minimum Gasteiger partial charge on any atom is -0.381 e. The van der Waals surface area contributed by atoms with Crippen molar-refractivity contribution in [2.24, 2.45) is 5.92 Å². The van der Waals surface area contributed by atoms with Crippen molar-refractivity contribution < 1.29 is 9.13 Å². The lowest BCUT2D eigenvalue weighted by Crippen LogP contribution is -2.38. The van der Waals surface area contributed by atoms with E-state index in [0.717, 1.165) is 31.6 Å². The zero-order valence-corrected chi connectivity index (χ0v) is 11.2. The lowest BCUT2D eigenvalue weighted by molar-refractivity contribution is 0.0547. The molecular weight excluding hydrogens is 229 g/mol. The Kier molecular flexibility index (Phi) is 4.72. The van der Waals surface area contributed by atoms with Gasteiger partial charge in [0.2, 0.25) is 0 Å². The Morgan fingerprint density at radius 1 is 1.17 bits per heavy atom. The maximum absolute atomic E-state index is 12.9. The third kappa shape index (κ3) is 3.53. The van der Waals surface area contributed by atoms with E-state index >= 15 is 0 Å². The highest BCUT2D eigenvalue weighted by Crippen LogP contribution is 2.21. The average molecular weight is 251 g/mol. The molecule has 1 aliphatic heterocycles. The molecule has 18 heavy (non-hydrogen) atoms. The van der Waals surface area contributed by atoms with Gasteiger partial charge in [0, 0.05) is 25.3 Å². The Bertz CT molecular complexity index is 359. The fourth-order valence-electron chi connectivity index (χ4n) is 2.59. The van der Waals surface area contributed by atoms with Crippen LogP contribution < -0.4 is 5.32 Å². The minimum absolute atomic E-state index is 0.177. The van der Waals surface area contributed by atoms with Crippen LogP contribution in [0.4, 0.5) is 4.39 Å². The van der Waals surface area contributed by atoms with Crippen molar-refractivity contribution in [2.75, 3.05) is 13.2 Å². The Labute approximate surface area is 109 Å². The van der Waals surface area contributed by atoms with E-state index in [1.165, 1.54) is 12.1 Å². The maximum atomic E-state index is 12.9. The second-order valence-corrected chi connectivity index (χ2v) is 5.18. The molecule has 0 amide bonds. The number of ether oxygens (including phenoxy) is 1. The molecule has 0 bridgehead atoms. The summed E-state index contributed by atoms with van der Waals surface area (Å²) in [5.74, 6) is 0.505. The SMILES string of the molecule is CC(NC(C)C1CCOCC1)c1ccc(F)cc1. The van der Waals surface area contributed by atoms with E-state index < -0.39 is 0 Å². The van der Waals surface area contributed by atoms with Gasteiger partial charge in [-0.25, -0.2) is 4.39 Å². The van der Waals surface area contributed by atoms with Crippen LogP contribution in [0.15, 0.2) is 24.3 Å². The average Bonchev–Trinajstić information content (AvgIpc) is 2.40. The lowest BCUT2D eigenvalue weighted by atomic mass is 9.92. The number of halogens is 1. The van der Waals surface area contributed by atoms with Crippen LogP contribution in [0.25, 0.3) is 0 Å². The van der Waals surface area contributed by atoms with Gasteiger partial charge in [-0.3, -0.25) is 0 Å². The monoisotopic (exact) mass is 251 g/mol. The van der Waals surface area contributed by atoms with Gasteiger partial charge in [-0.2, -0.15) is 0 Å². The fourth-order valence-corrected chi connectivity index (χ4v) is 2.59. The van der Waals surface area contributed by atoms with Crippen LogP contribution in [0.1, 0.15) is 38.3 Å². The van der Waals surface area contributed by atoms with E-state index in [0.29, 0.717) is 12.0 Å². The summed E-state index contributed by atoms with van der Waals surface area (Å²) in [6.45, 7) is 6.11. The molecule has 1 aromatic rings. The first-order valence-electron chi connectivity index (χ1n) is 6.76. The molecule has 0 aliphatic carbocycles. The largest absolute Gasteiger partial charge is 0.381 e. The molecule has 1 aromatic carbocycles. The van der Waals surface area contributed by atoms with Gasteiger partial charge in [0.05, 0.1) is 0 Å². The van der Waals surface area contributed by atoms with Crippen LogP contribution in [0, 0.1) is 11.7 Å². The lowest BCUT2D eigenvalue weighted by Gasteiger charge is -2.30. The van der Waals surface area contributed by atoms with Crippen LogP contribution in [0.2, 0.25) is 0 Å². The number of benzene rings is 1. The van der Waals surface area contributed by atoms with E-state index in [-0.39, 0.29) is 11.9 Å². The summed E-state index contributed by atoms with van der Waals surface area (Å²) in [5.41, 5.74) is 1.13. The fraction of sp³-hybridized carbons (Fsp3) is 0.600. The Morgan fingerprint density at radius 3 is 2.39 bits per heavy atom. The van der Waals surface area contributed by atoms with Crippen molar-refractivity contribution in [3.05, 3.63) is 35.6 Å². The van der Waals surface area contributed by atoms with Gasteiger partial charge >= 0.3 is 0 Å². The molecular formula is C15H22FNO. The first-order chi connectivity index (χ1) is 8.66. The summed E-state index contributed by atoms with van der Waals surface area (Å²) in [7, 11) is 0. The van der Waals surface area contributed by atoms with Crippen molar-refractivity contribution in [2.45, 2.75) is 38.8 Å². The molecule has 2 nitrogen and oxygen atoms in total. The summed E-state index contributed by atoms with van der Waals surface area (Å²) in [6, 6.07) is 7.46. The van der Waals surface area contributed by atoms with Crippen LogP contribution in [-0.4, -0.2) is 19.3 Å². The maximum Gasteiger partial charge on any atom is 0.123 e. The number of rotatable bonds is 4. The highest BCUT2D eigenvalue weighted by atomic mass is 19.1. The van der Waals surface area contributed by atoms with Gasteiger partial charge in [0.25, 0.3) is 0 Å². The summed E-state index contributed by atoms with van der Waals surface area (Å²) in [6.07, 6.45) is 2.26. The molecule has 1 fully saturated rings. The highest BCUT2D eigenvalue weighted by Gasteiger charge is 2.21. The highest BCUT2D eigenvalue weighted by molar-refractivity contribution is 5.19. The molecule has 0 aromatic heterocycles. The second-order valence-electron chi connectivity index (χ2n) is 5.18. The molecule has 3 heteroatoms. The van der Waals surface area contributed by atoms with E-state index in [9.17, 15) is 4.39 Å². The quantitative estimate of drug-likeness (QED) is 0.886. The summed E-state index contributed by atoms with van der Waals surface area (Å²) < 4.78 is 18.3. The molecule has 1 aliphatic rings. The molecule has 0 saturated carbocycles. The topological polar surface area (TPSA) is 21.3 Å². The molecule has 100 valence electrons. The first-order valence-corrected chi connectivity index (χ1v) is 6.76. The van der Waals surface area contributed by atoms with Crippen LogP contribution >= 0.6 is 0 Å². The summed E-state index contributed by atoms with van der Waals surface area (Å²) >= 11 is 0. The Balaban J connectivity index is 1.89. The summed E-state index contributed by atoms with van der Waals surface area (Å²) in [4.78, 5) is 0. The van der Waals surface area contributed by atoms with Crippen molar-refractivity contribution in [1.82, 2.24) is 5.32 Å². The number of nitrogens with one attached hydrogen (secondary N) is 1. The van der Waals surface area contributed by atoms with Gasteiger partial charge in [0.1, 0.15) is 5.82 Å². The Morgan fingerprint density at radius 2 is 1.78 bits per heavy atom. The predicted octanol–water partition coefficient (Wildman–Crippen LogP) is 3.29. The smallest absolute Gasteiger partial charge is 0.123 e. The second kappa shape index (κ2) is 6.30. The first kappa shape index (κ1) is 13.5. The van der Waals surface area contributed by atoms with Crippen LogP contribution in [-0.2, 0) is 4.74 Å². The zero-order chi connectivity index (χ0) is 13.0. The minimum atomic E-state index is -0.177. The molecule has 0 spiro atoms. The Hall–Kier alpha value is -0.930. The predicted molar refractivity (Wildman–Crippen MR) is 71.0 cm³/mol. The van der Waals surface area contributed by atoms with E-state index in [2.05, 4.69) is 19.2 Å². The summed E-state index contributed by atoms with van der Waals surface area (Å²) in [5, 5.41) is 3.61. The number of hydrogen-bond donors (Lipinski definition) is 1. The normalized spacial score (nSPS) is 20.6. The van der Waals surface area contributed by atoms with Gasteiger partial charge in [-0.15, -0.1) is 0 Å². The van der Waals surface area contributed by atoms with E-state index in [1.54, 1.807) is 0 Å². The van der Waals surface area contributed by atoms with Gasteiger partial charge < -0.3 is 10.1 Å². The van der Waals surface area contributed by atoms with Gasteiger partial charge in [0.15, 0.2) is 0 Å². The molecule has 1 N–H and O–H groups in total. The van der Waals surface area contributed by atoms with Crippen molar-refractivity contribution in [3.8, 4) is 0 Å². The zero-order valence-electron chi connectivity index (χ0n) is 11.2.